The topological polar surface area (TPSA) is 45.6 Å². The highest BCUT2D eigenvalue weighted by Gasteiger charge is 1.97. The van der Waals surface area contributed by atoms with Gasteiger partial charge in [0.25, 0.3) is 0 Å². The van der Waals surface area contributed by atoms with E-state index in [-0.39, 0.29) is 0 Å². The van der Waals surface area contributed by atoms with Crippen molar-refractivity contribution >= 4 is 6.34 Å². The molecule has 0 aromatic heterocycles. The highest BCUT2D eigenvalue weighted by molar-refractivity contribution is 5.57. The molecule has 0 aromatic rings. The average molecular weight is 193 g/mol. The summed E-state index contributed by atoms with van der Waals surface area (Å²) in [4.78, 5) is 9.20. The van der Waals surface area contributed by atoms with Gasteiger partial charge in [0.15, 0.2) is 0 Å². The lowest BCUT2D eigenvalue weighted by molar-refractivity contribution is 0.0661. The van der Waals surface area contributed by atoms with Crippen LogP contribution in [0.15, 0.2) is 16.9 Å². The van der Waals surface area contributed by atoms with Crippen LogP contribution in [0, 0.1) is 11.8 Å². The molecule has 0 spiro atoms. The predicted octanol–water partition coefficient (Wildman–Crippen LogP) is 0.784. The molecule has 0 unspecified atom stereocenters. The SMILES string of the molecule is CCC#CCCONC1=CNC=NC1. The van der Waals surface area contributed by atoms with Crippen LogP contribution in [0.2, 0.25) is 0 Å². The van der Waals surface area contributed by atoms with Gasteiger partial charge in [0.1, 0.15) is 0 Å². The zero-order chi connectivity index (χ0) is 10.1. The molecule has 0 aliphatic carbocycles. The first-order valence-electron chi connectivity index (χ1n) is 4.70. The Morgan fingerprint density at radius 1 is 1.64 bits per heavy atom. The van der Waals surface area contributed by atoms with Gasteiger partial charge in [-0.15, -0.1) is 11.8 Å². The Morgan fingerprint density at radius 2 is 2.57 bits per heavy atom. The Morgan fingerprint density at radius 3 is 3.29 bits per heavy atom. The van der Waals surface area contributed by atoms with Crippen LogP contribution >= 0.6 is 0 Å². The maximum atomic E-state index is 5.19. The van der Waals surface area contributed by atoms with Crippen LogP contribution in [0.3, 0.4) is 0 Å². The minimum Gasteiger partial charge on any atom is -0.351 e. The summed E-state index contributed by atoms with van der Waals surface area (Å²) in [5, 5.41) is 2.87. The van der Waals surface area contributed by atoms with Crippen LogP contribution in [0.4, 0.5) is 0 Å². The second-order valence-electron chi connectivity index (χ2n) is 2.71. The predicted molar refractivity (Wildman–Crippen MR) is 56.3 cm³/mol. The number of hydrogen-bond acceptors (Lipinski definition) is 4. The summed E-state index contributed by atoms with van der Waals surface area (Å²) in [5.41, 5.74) is 3.74. The van der Waals surface area contributed by atoms with Crippen molar-refractivity contribution in [3.63, 3.8) is 0 Å². The minimum atomic E-state index is 0.591. The molecule has 4 heteroatoms. The highest BCUT2D eigenvalue weighted by Crippen LogP contribution is 1.92. The van der Waals surface area contributed by atoms with E-state index < -0.39 is 0 Å². The van der Waals surface area contributed by atoms with Gasteiger partial charge in [-0.05, 0) is 0 Å². The summed E-state index contributed by atoms with van der Waals surface area (Å²) in [6.07, 6.45) is 5.13. The Labute approximate surface area is 84.4 Å². The van der Waals surface area contributed by atoms with Gasteiger partial charge in [0.2, 0.25) is 0 Å². The maximum absolute atomic E-state index is 5.19. The molecular formula is C10H15N3O. The average Bonchev–Trinajstić information content (AvgIpc) is 2.25. The normalized spacial score (nSPS) is 13.6. The summed E-state index contributed by atoms with van der Waals surface area (Å²) in [7, 11) is 0. The molecule has 0 saturated heterocycles. The fourth-order valence-electron chi connectivity index (χ4n) is 0.901. The summed E-state index contributed by atoms with van der Waals surface area (Å²) in [5.74, 6) is 5.97. The fourth-order valence-corrected chi connectivity index (χ4v) is 0.901. The molecule has 76 valence electrons. The number of nitrogens with zero attached hydrogens (tertiary/aromatic N) is 1. The van der Waals surface area contributed by atoms with Crippen molar-refractivity contribution in [1.29, 1.82) is 0 Å². The molecular weight excluding hydrogens is 178 g/mol. The third-order valence-electron chi connectivity index (χ3n) is 1.52. The van der Waals surface area contributed by atoms with Crippen molar-refractivity contribution < 1.29 is 4.84 Å². The molecule has 1 rings (SSSR count). The molecule has 14 heavy (non-hydrogen) atoms. The van der Waals surface area contributed by atoms with Crippen LogP contribution in [0.1, 0.15) is 19.8 Å². The van der Waals surface area contributed by atoms with E-state index in [1.165, 1.54) is 0 Å². The molecule has 0 saturated carbocycles. The lowest BCUT2D eigenvalue weighted by atomic mass is 10.4. The van der Waals surface area contributed by atoms with E-state index in [1.807, 2.05) is 13.1 Å². The van der Waals surface area contributed by atoms with Gasteiger partial charge in [-0.3, -0.25) is 15.3 Å². The second kappa shape index (κ2) is 6.98. The number of aliphatic imine (C=N–C) groups is 1. The van der Waals surface area contributed by atoms with E-state index in [0.29, 0.717) is 13.2 Å². The van der Waals surface area contributed by atoms with Crippen LogP contribution in [-0.2, 0) is 4.84 Å². The summed E-state index contributed by atoms with van der Waals surface area (Å²) >= 11 is 0. The van der Waals surface area contributed by atoms with Crippen molar-refractivity contribution in [3.05, 3.63) is 11.9 Å². The number of hydrogen-bond donors (Lipinski definition) is 2. The Balaban J connectivity index is 2.01. The third-order valence-corrected chi connectivity index (χ3v) is 1.52. The van der Waals surface area contributed by atoms with Crippen molar-refractivity contribution in [2.75, 3.05) is 13.2 Å². The van der Waals surface area contributed by atoms with E-state index in [0.717, 1.165) is 18.5 Å². The standard InChI is InChI=1S/C10H15N3O/c1-2-3-4-5-6-14-13-10-7-11-9-12-8-10/h7,9,13H,2,5-6,8H2,1H3,(H,11,12). The fraction of sp³-hybridized carbons (Fsp3) is 0.500. The quantitative estimate of drug-likeness (QED) is 0.394. The Bertz CT molecular complexity index is 273. The molecule has 0 fully saturated rings. The lowest BCUT2D eigenvalue weighted by Gasteiger charge is -2.10. The number of hydroxylamine groups is 1. The second-order valence-corrected chi connectivity index (χ2v) is 2.71. The summed E-state index contributed by atoms with van der Waals surface area (Å²) < 4.78 is 0. The van der Waals surface area contributed by atoms with Crippen LogP contribution in [0.5, 0.6) is 0 Å². The molecule has 1 aliphatic heterocycles. The van der Waals surface area contributed by atoms with E-state index in [1.54, 1.807) is 6.34 Å². The highest BCUT2D eigenvalue weighted by atomic mass is 16.6. The molecule has 0 bridgehead atoms. The molecule has 1 aliphatic rings. The molecule has 0 radical (unpaired) electrons. The van der Waals surface area contributed by atoms with E-state index >= 15 is 0 Å². The van der Waals surface area contributed by atoms with Crippen molar-refractivity contribution in [2.24, 2.45) is 4.99 Å². The molecule has 0 aromatic carbocycles. The molecule has 1 heterocycles. The molecule has 2 N–H and O–H groups in total. The van der Waals surface area contributed by atoms with E-state index in [4.69, 9.17) is 4.84 Å². The maximum Gasteiger partial charge on any atom is 0.0868 e. The molecule has 0 atom stereocenters. The summed E-state index contributed by atoms with van der Waals surface area (Å²) in [6.45, 7) is 3.25. The molecule has 0 amide bonds. The van der Waals surface area contributed by atoms with Crippen LogP contribution in [0.25, 0.3) is 0 Å². The Hall–Kier alpha value is -1.47. The minimum absolute atomic E-state index is 0.591. The van der Waals surface area contributed by atoms with Crippen molar-refractivity contribution in [3.8, 4) is 11.8 Å². The van der Waals surface area contributed by atoms with Gasteiger partial charge in [0, 0.05) is 19.0 Å². The van der Waals surface area contributed by atoms with E-state index in [9.17, 15) is 0 Å². The third kappa shape index (κ3) is 4.53. The molecule has 4 nitrogen and oxygen atoms in total. The van der Waals surface area contributed by atoms with Gasteiger partial charge >= 0.3 is 0 Å². The number of rotatable bonds is 4. The first-order chi connectivity index (χ1) is 6.93. The first kappa shape index (κ1) is 10.6. The first-order valence-corrected chi connectivity index (χ1v) is 4.70. The van der Waals surface area contributed by atoms with Gasteiger partial charge in [0.05, 0.1) is 25.2 Å². The zero-order valence-electron chi connectivity index (χ0n) is 8.34. The monoisotopic (exact) mass is 193 g/mol. The number of nitrogens with one attached hydrogen (secondary N) is 2. The van der Waals surface area contributed by atoms with Gasteiger partial charge in [-0.2, -0.15) is 0 Å². The lowest BCUT2D eigenvalue weighted by Crippen LogP contribution is -2.22. The van der Waals surface area contributed by atoms with Crippen molar-refractivity contribution in [1.82, 2.24) is 10.8 Å². The van der Waals surface area contributed by atoms with Gasteiger partial charge in [-0.25, -0.2) is 0 Å². The Kier molecular flexibility index (Phi) is 5.29. The largest absolute Gasteiger partial charge is 0.351 e. The zero-order valence-corrected chi connectivity index (χ0v) is 8.34. The van der Waals surface area contributed by atoms with Crippen molar-refractivity contribution in [2.45, 2.75) is 19.8 Å². The van der Waals surface area contributed by atoms with E-state index in [2.05, 4.69) is 27.6 Å². The van der Waals surface area contributed by atoms with Crippen LogP contribution in [-0.4, -0.2) is 19.5 Å². The summed E-state index contributed by atoms with van der Waals surface area (Å²) in [6, 6.07) is 0. The van der Waals surface area contributed by atoms with Gasteiger partial charge in [-0.1, -0.05) is 6.92 Å². The smallest absolute Gasteiger partial charge is 0.0868 e. The van der Waals surface area contributed by atoms with Gasteiger partial charge < -0.3 is 5.32 Å². The van der Waals surface area contributed by atoms with Crippen LogP contribution < -0.4 is 10.8 Å².